The molecule has 2 aliphatic rings. The molecule has 4 nitrogen and oxygen atoms in total. The largest absolute Gasteiger partial charge is 0.468 e. The zero-order valence-corrected chi connectivity index (χ0v) is 13.6. The predicted molar refractivity (Wildman–Crippen MR) is 80.6 cm³/mol. The maximum atomic E-state index is 12.3. The molecule has 0 amide bonds. The number of carbonyl (C=O) groups excluding carboxylic acids is 1. The maximum Gasteiger partial charge on any atom is 0.326 e. The van der Waals surface area contributed by atoms with E-state index >= 15 is 0 Å². The molecule has 2 rings (SSSR count). The molecule has 1 saturated heterocycles. The summed E-state index contributed by atoms with van der Waals surface area (Å²) < 4.78 is 5.08. The molecule has 4 heteroatoms. The molecule has 116 valence electrons. The van der Waals surface area contributed by atoms with E-state index in [2.05, 4.69) is 37.9 Å². The van der Waals surface area contributed by atoms with Crippen molar-refractivity contribution < 1.29 is 9.53 Å². The van der Waals surface area contributed by atoms with Crippen molar-refractivity contribution in [1.29, 1.82) is 0 Å². The number of likely N-dealkylation sites (tertiary alicyclic amines) is 1. The van der Waals surface area contributed by atoms with Gasteiger partial charge in [-0.2, -0.15) is 0 Å². The number of nitrogens with zero attached hydrogens (tertiary/aromatic N) is 1. The first-order valence-corrected chi connectivity index (χ1v) is 8.00. The molecule has 4 atom stereocenters. The number of esters is 1. The van der Waals surface area contributed by atoms with Gasteiger partial charge in [0.05, 0.1) is 7.11 Å². The Morgan fingerprint density at radius 1 is 1.40 bits per heavy atom. The van der Waals surface area contributed by atoms with Gasteiger partial charge in [0, 0.05) is 24.7 Å². The van der Waals surface area contributed by atoms with E-state index in [9.17, 15) is 4.79 Å². The molecule has 0 bridgehead atoms. The van der Waals surface area contributed by atoms with Crippen LogP contribution in [0.5, 0.6) is 0 Å². The number of hydrogen-bond acceptors (Lipinski definition) is 4. The summed E-state index contributed by atoms with van der Waals surface area (Å²) in [6.45, 7) is 10.0. The lowest BCUT2D eigenvalue weighted by Gasteiger charge is -2.33. The lowest BCUT2D eigenvalue weighted by atomic mass is 9.96. The van der Waals surface area contributed by atoms with Gasteiger partial charge in [0.2, 0.25) is 0 Å². The van der Waals surface area contributed by atoms with Crippen LogP contribution in [-0.2, 0) is 9.53 Å². The van der Waals surface area contributed by atoms with Crippen molar-refractivity contribution in [3.8, 4) is 0 Å². The quantitative estimate of drug-likeness (QED) is 0.803. The Morgan fingerprint density at radius 2 is 2.10 bits per heavy atom. The zero-order chi connectivity index (χ0) is 14.9. The van der Waals surface area contributed by atoms with Gasteiger partial charge >= 0.3 is 5.97 Å². The second-order valence-corrected chi connectivity index (χ2v) is 7.16. The summed E-state index contributed by atoms with van der Waals surface area (Å²) in [5, 5.41) is 3.48. The molecule has 2 fully saturated rings. The van der Waals surface area contributed by atoms with E-state index in [0.717, 1.165) is 25.2 Å². The van der Waals surface area contributed by atoms with Crippen molar-refractivity contribution >= 4 is 5.97 Å². The minimum Gasteiger partial charge on any atom is -0.468 e. The number of hydrogen-bond donors (Lipinski definition) is 1. The van der Waals surface area contributed by atoms with Crippen LogP contribution in [-0.4, -0.2) is 48.2 Å². The number of carbonyl (C=O) groups is 1. The predicted octanol–water partition coefficient (Wildman–Crippen LogP) is 2.18. The Balaban J connectivity index is 2.09. The van der Waals surface area contributed by atoms with Crippen LogP contribution in [0.2, 0.25) is 0 Å². The van der Waals surface area contributed by atoms with E-state index in [1.807, 2.05) is 0 Å². The molecule has 0 aromatic carbocycles. The van der Waals surface area contributed by atoms with Crippen molar-refractivity contribution in [2.24, 2.45) is 5.92 Å². The molecule has 20 heavy (non-hydrogen) atoms. The summed E-state index contributed by atoms with van der Waals surface area (Å²) in [6, 6.07) is 1.45. The van der Waals surface area contributed by atoms with Gasteiger partial charge in [0.25, 0.3) is 0 Å². The minimum absolute atomic E-state index is 0.0893. The van der Waals surface area contributed by atoms with Crippen LogP contribution in [0.25, 0.3) is 0 Å². The van der Waals surface area contributed by atoms with E-state index in [-0.39, 0.29) is 5.97 Å². The SMILES string of the molecule is COC(=O)C1(NC(C)C)CCC(N2CC(C)CC2C)C1. The summed E-state index contributed by atoms with van der Waals surface area (Å²) in [5.74, 6) is 0.685. The molecule has 0 aromatic rings. The summed E-state index contributed by atoms with van der Waals surface area (Å²) in [5.41, 5.74) is -0.473. The van der Waals surface area contributed by atoms with Crippen molar-refractivity contribution in [3.05, 3.63) is 0 Å². The van der Waals surface area contributed by atoms with Gasteiger partial charge in [-0.25, -0.2) is 0 Å². The third kappa shape index (κ3) is 3.01. The van der Waals surface area contributed by atoms with Crippen molar-refractivity contribution in [3.63, 3.8) is 0 Å². The number of ether oxygens (including phenoxy) is 1. The summed E-state index contributed by atoms with van der Waals surface area (Å²) in [4.78, 5) is 14.9. The van der Waals surface area contributed by atoms with Crippen molar-refractivity contribution in [1.82, 2.24) is 10.2 Å². The average molecular weight is 282 g/mol. The standard InChI is InChI=1S/C16H30N2O2/c1-11(2)17-16(15(19)20-5)7-6-14(9-16)18-10-12(3)8-13(18)4/h11-14,17H,6-10H2,1-5H3. The van der Waals surface area contributed by atoms with E-state index in [0.29, 0.717) is 18.1 Å². The Labute approximate surface area is 123 Å². The highest BCUT2D eigenvalue weighted by Crippen LogP contribution is 2.38. The van der Waals surface area contributed by atoms with E-state index in [4.69, 9.17) is 4.74 Å². The van der Waals surface area contributed by atoms with Gasteiger partial charge in [0.1, 0.15) is 5.54 Å². The normalized spacial score (nSPS) is 38.6. The lowest BCUT2D eigenvalue weighted by molar-refractivity contribution is -0.149. The molecule has 0 radical (unpaired) electrons. The van der Waals surface area contributed by atoms with E-state index < -0.39 is 5.54 Å². The highest BCUT2D eigenvalue weighted by molar-refractivity contribution is 5.81. The van der Waals surface area contributed by atoms with Crippen LogP contribution in [0.1, 0.15) is 53.4 Å². The third-order valence-corrected chi connectivity index (χ3v) is 4.93. The molecule has 1 saturated carbocycles. The summed E-state index contributed by atoms with van der Waals surface area (Å²) >= 11 is 0. The van der Waals surface area contributed by atoms with Gasteiger partial charge in [-0.15, -0.1) is 0 Å². The van der Waals surface area contributed by atoms with Crippen LogP contribution >= 0.6 is 0 Å². The number of rotatable bonds is 4. The lowest BCUT2D eigenvalue weighted by Crippen LogP contribution is -2.54. The van der Waals surface area contributed by atoms with Crippen LogP contribution in [0.4, 0.5) is 0 Å². The first-order valence-electron chi connectivity index (χ1n) is 8.00. The molecule has 1 N–H and O–H groups in total. The molecule has 4 unspecified atom stereocenters. The van der Waals surface area contributed by atoms with Crippen molar-refractivity contribution in [2.45, 2.75) is 77.0 Å². The van der Waals surface area contributed by atoms with E-state index in [1.165, 1.54) is 20.1 Å². The second-order valence-electron chi connectivity index (χ2n) is 7.16. The van der Waals surface area contributed by atoms with Crippen LogP contribution in [0.15, 0.2) is 0 Å². The van der Waals surface area contributed by atoms with Crippen LogP contribution in [0.3, 0.4) is 0 Å². The smallest absolute Gasteiger partial charge is 0.326 e. The molecule has 1 aliphatic carbocycles. The molecular weight excluding hydrogens is 252 g/mol. The molecule has 1 aliphatic heterocycles. The van der Waals surface area contributed by atoms with Gasteiger partial charge in [-0.3, -0.25) is 15.0 Å². The fourth-order valence-electron chi connectivity index (χ4n) is 4.27. The van der Waals surface area contributed by atoms with Gasteiger partial charge in [0.15, 0.2) is 0 Å². The first-order chi connectivity index (χ1) is 9.38. The van der Waals surface area contributed by atoms with Crippen LogP contribution < -0.4 is 5.32 Å². The molecule has 0 aromatic heterocycles. The monoisotopic (exact) mass is 282 g/mol. The van der Waals surface area contributed by atoms with E-state index in [1.54, 1.807) is 0 Å². The third-order valence-electron chi connectivity index (χ3n) is 4.93. The molecular formula is C16H30N2O2. The number of nitrogens with one attached hydrogen (secondary N) is 1. The Hall–Kier alpha value is -0.610. The fourth-order valence-corrected chi connectivity index (χ4v) is 4.27. The Morgan fingerprint density at radius 3 is 2.60 bits per heavy atom. The Bertz CT molecular complexity index is 358. The Kier molecular flexibility index (Phi) is 4.75. The van der Waals surface area contributed by atoms with Gasteiger partial charge in [-0.05, 0) is 52.4 Å². The molecule has 0 spiro atoms. The maximum absolute atomic E-state index is 12.3. The average Bonchev–Trinajstić information content (AvgIpc) is 2.92. The summed E-state index contributed by atoms with van der Waals surface area (Å²) in [6.07, 6.45) is 4.14. The summed E-state index contributed by atoms with van der Waals surface area (Å²) in [7, 11) is 1.50. The topological polar surface area (TPSA) is 41.6 Å². The van der Waals surface area contributed by atoms with Crippen molar-refractivity contribution in [2.75, 3.05) is 13.7 Å². The highest BCUT2D eigenvalue weighted by atomic mass is 16.5. The van der Waals surface area contributed by atoms with Crippen LogP contribution in [0, 0.1) is 5.92 Å². The van der Waals surface area contributed by atoms with Gasteiger partial charge < -0.3 is 4.74 Å². The first kappa shape index (κ1) is 15.8. The fraction of sp³-hybridized carbons (Fsp3) is 0.938. The second kappa shape index (κ2) is 6.02. The number of methoxy groups -OCH3 is 1. The van der Waals surface area contributed by atoms with Gasteiger partial charge in [-0.1, -0.05) is 6.92 Å². The minimum atomic E-state index is -0.473. The highest BCUT2D eigenvalue weighted by Gasteiger charge is 2.49. The zero-order valence-electron chi connectivity index (χ0n) is 13.6. The molecule has 1 heterocycles.